The van der Waals surface area contributed by atoms with E-state index < -0.39 is 0 Å². The molecule has 34 heavy (non-hydrogen) atoms. The second-order valence-electron chi connectivity index (χ2n) is 7.99. The highest BCUT2D eigenvalue weighted by Crippen LogP contribution is 2.45. The van der Waals surface area contributed by atoms with Crippen LogP contribution in [-0.4, -0.2) is 38.3 Å². The normalized spacial score (nSPS) is 13.5. The fourth-order valence-corrected chi connectivity index (χ4v) is 4.38. The molecule has 4 aromatic rings. The molecule has 0 unspecified atom stereocenters. The van der Waals surface area contributed by atoms with Crippen LogP contribution in [0.3, 0.4) is 0 Å². The van der Waals surface area contributed by atoms with E-state index in [1.54, 1.807) is 26.5 Å². The Balaban J connectivity index is 1.56. The van der Waals surface area contributed by atoms with Crippen LogP contribution >= 0.6 is 0 Å². The SMILES string of the molecule is COc1cc([C@@H](CC(=O)NCc2ccco2)c2c[nH]c3cccc(OC)c23)cc2c1OCCO2. The number of H-pyrrole nitrogens is 1. The quantitative estimate of drug-likeness (QED) is 0.403. The first-order valence-electron chi connectivity index (χ1n) is 11.1. The lowest BCUT2D eigenvalue weighted by atomic mass is 9.87. The molecule has 176 valence electrons. The number of hydrogen-bond donors (Lipinski definition) is 2. The van der Waals surface area contributed by atoms with Crippen molar-refractivity contribution in [1.29, 1.82) is 0 Å². The second-order valence-corrected chi connectivity index (χ2v) is 7.99. The molecule has 2 aromatic heterocycles. The van der Waals surface area contributed by atoms with Gasteiger partial charge in [0.05, 0.1) is 27.0 Å². The fourth-order valence-electron chi connectivity index (χ4n) is 4.38. The smallest absolute Gasteiger partial charge is 0.221 e. The molecule has 3 heterocycles. The van der Waals surface area contributed by atoms with E-state index in [4.69, 9.17) is 23.4 Å². The first-order valence-corrected chi connectivity index (χ1v) is 11.1. The molecule has 8 heteroatoms. The molecule has 2 N–H and O–H groups in total. The van der Waals surface area contributed by atoms with Gasteiger partial charge in [-0.3, -0.25) is 4.79 Å². The predicted molar refractivity (Wildman–Crippen MR) is 126 cm³/mol. The summed E-state index contributed by atoms with van der Waals surface area (Å²) in [7, 11) is 3.24. The summed E-state index contributed by atoms with van der Waals surface area (Å²) in [6.45, 7) is 1.23. The Bertz CT molecular complexity index is 1280. The van der Waals surface area contributed by atoms with Crippen LogP contribution in [0.5, 0.6) is 23.0 Å². The summed E-state index contributed by atoms with van der Waals surface area (Å²) in [5.74, 6) is 2.77. The zero-order valence-corrected chi connectivity index (χ0v) is 19.1. The van der Waals surface area contributed by atoms with Crippen LogP contribution in [-0.2, 0) is 11.3 Å². The third kappa shape index (κ3) is 4.14. The number of ether oxygens (including phenoxy) is 4. The van der Waals surface area contributed by atoms with Crippen molar-refractivity contribution in [3.05, 3.63) is 71.8 Å². The van der Waals surface area contributed by atoms with Crippen LogP contribution in [0.15, 0.2) is 59.3 Å². The van der Waals surface area contributed by atoms with Gasteiger partial charge in [0.1, 0.15) is 24.7 Å². The van der Waals surface area contributed by atoms with Gasteiger partial charge in [0.2, 0.25) is 11.7 Å². The van der Waals surface area contributed by atoms with E-state index >= 15 is 0 Å². The van der Waals surface area contributed by atoms with E-state index in [9.17, 15) is 4.79 Å². The van der Waals surface area contributed by atoms with Crippen LogP contribution in [0.1, 0.15) is 29.2 Å². The van der Waals surface area contributed by atoms with E-state index in [0.717, 1.165) is 27.8 Å². The van der Waals surface area contributed by atoms with Gasteiger partial charge in [0, 0.05) is 29.4 Å². The molecule has 0 saturated carbocycles. The number of hydrogen-bond acceptors (Lipinski definition) is 6. The van der Waals surface area contributed by atoms with E-state index in [2.05, 4.69) is 10.3 Å². The van der Waals surface area contributed by atoms with Crippen molar-refractivity contribution in [2.75, 3.05) is 27.4 Å². The summed E-state index contributed by atoms with van der Waals surface area (Å²) in [5.41, 5.74) is 2.75. The fraction of sp³-hybridized carbons (Fsp3) is 0.269. The van der Waals surface area contributed by atoms with Crippen LogP contribution in [0, 0.1) is 0 Å². The standard InChI is InChI=1S/C26H26N2O6/c1-30-21-7-3-6-20-25(21)19(15-27-20)18(13-24(29)28-14-17-5-4-8-32-17)16-11-22(31-2)26-23(12-16)33-9-10-34-26/h3-8,11-12,15,18,27H,9-10,13-14H2,1-2H3,(H,28,29)/t18-/m1/s1. The third-order valence-corrected chi connectivity index (χ3v) is 5.98. The van der Waals surface area contributed by atoms with Gasteiger partial charge in [-0.25, -0.2) is 0 Å². The Kier molecular flexibility index (Phi) is 6.03. The number of aromatic amines is 1. The number of nitrogens with one attached hydrogen (secondary N) is 2. The van der Waals surface area contributed by atoms with Gasteiger partial charge in [0.15, 0.2) is 11.5 Å². The first-order chi connectivity index (χ1) is 16.7. The van der Waals surface area contributed by atoms with E-state index in [1.165, 1.54) is 0 Å². The molecule has 1 aliphatic rings. The second kappa shape index (κ2) is 9.43. The van der Waals surface area contributed by atoms with Crippen LogP contribution < -0.4 is 24.3 Å². The molecule has 0 spiro atoms. The van der Waals surface area contributed by atoms with E-state index in [-0.39, 0.29) is 18.2 Å². The van der Waals surface area contributed by atoms with Gasteiger partial charge in [-0.05, 0) is 47.5 Å². The van der Waals surface area contributed by atoms with Crippen molar-refractivity contribution >= 4 is 16.8 Å². The molecule has 1 aliphatic heterocycles. The molecule has 0 radical (unpaired) electrons. The number of methoxy groups -OCH3 is 2. The average molecular weight is 463 g/mol. The number of furan rings is 1. The van der Waals surface area contributed by atoms with Crippen molar-refractivity contribution in [3.63, 3.8) is 0 Å². The predicted octanol–water partition coefficient (Wildman–Crippen LogP) is 4.39. The topological polar surface area (TPSA) is 95.0 Å². The molecule has 8 nitrogen and oxygen atoms in total. The van der Waals surface area contributed by atoms with Crippen molar-refractivity contribution in [2.24, 2.45) is 0 Å². The Morgan fingerprint density at radius 1 is 1.09 bits per heavy atom. The minimum atomic E-state index is -0.300. The number of benzene rings is 2. The molecule has 2 aromatic carbocycles. The monoisotopic (exact) mass is 462 g/mol. The maximum atomic E-state index is 13.1. The van der Waals surface area contributed by atoms with Gasteiger partial charge in [0.25, 0.3) is 0 Å². The lowest BCUT2D eigenvalue weighted by molar-refractivity contribution is -0.121. The summed E-state index contributed by atoms with van der Waals surface area (Å²) in [6.07, 6.45) is 3.72. The first kappa shape index (κ1) is 21.8. The van der Waals surface area contributed by atoms with Crippen molar-refractivity contribution < 1.29 is 28.2 Å². The third-order valence-electron chi connectivity index (χ3n) is 5.98. The minimum Gasteiger partial charge on any atom is -0.496 e. The van der Waals surface area contributed by atoms with Crippen molar-refractivity contribution in [3.8, 4) is 23.0 Å². The lowest BCUT2D eigenvalue weighted by Crippen LogP contribution is -2.25. The number of fused-ring (bicyclic) bond motifs is 2. The highest BCUT2D eigenvalue weighted by Gasteiger charge is 2.27. The molecule has 0 aliphatic carbocycles. The highest BCUT2D eigenvalue weighted by atomic mass is 16.6. The Morgan fingerprint density at radius 2 is 1.94 bits per heavy atom. The molecule has 0 fully saturated rings. The van der Waals surface area contributed by atoms with Crippen molar-refractivity contribution in [1.82, 2.24) is 10.3 Å². The molecular formula is C26H26N2O6. The summed E-state index contributed by atoms with van der Waals surface area (Å²) in [5, 5.41) is 3.89. The van der Waals surface area contributed by atoms with Gasteiger partial charge >= 0.3 is 0 Å². The van der Waals surface area contributed by atoms with Gasteiger partial charge in [-0.2, -0.15) is 0 Å². The van der Waals surface area contributed by atoms with Gasteiger partial charge in [-0.15, -0.1) is 0 Å². The van der Waals surface area contributed by atoms with E-state index in [0.29, 0.717) is 42.8 Å². The van der Waals surface area contributed by atoms with Crippen molar-refractivity contribution in [2.45, 2.75) is 18.9 Å². The molecule has 0 bridgehead atoms. The highest BCUT2D eigenvalue weighted by molar-refractivity contribution is 5.91. The summed E-state index contributed by atoms with van der Waals surface area (Å²) in [4.78, 5) is 16.4. The zero-order chi connectivity index (χ0) is 23.5. The number of rotatable bonds is 8. The average Bonchev–Trinajstić information content (AvgIpc) is 3.55. The maximum absolute atomic E-state index is 13.1. The molecule has 5 rings (SSSR count). The number of amides is 1. The molecule has 1 amide bonds. The largest absolute Gasteiger partial charge is 0.496 e. The lowest BCUT2D eigenvalue weighted by Gasteiger charge is -2.24. The Morgan fingerprint density at radius 3 is 2.74 bits per heavy atom. The minimum absolute atomic E-state index is 0.112. The van der Waals surface area contributed by atoms with Crippen LogP contribution in [0.4, 0.5) is 0 Å². The van der Waals surface area contributed by atoms with Crippen LogP contribution in [0.2, 0.25) is 0 Å². The van der Waals surface area contributed by atoms with Crippen LogP contribution in [0.25, 0.3) is 10.9 Å². The maximum Gasteiger partial charge on any atom is 0.221 e. The number of carbonyl (C=O) groups is 1. The van der Waals surface area contributed by atoms with E-state index in [1.807, 2.05) is 42.6 Å². The molecule has 0 saturated heterocycles. The Labute approximate surface area is 196 Å². The Hall–Kier alpha value is -4.07. The number of carbonyl (C=O) groups excluding carboxylic acids is 1. The van der Waals surface area contributed by atoms with Gasteiger partial charge < -0.3 is 33.7 Å². The number of aromatic nitrogens is 1. The summed E-state index contributed by atoms with van der Waals surface area (Å²) < 4.78 is 28.2. The molecule has 1 atom stereocenters. The summed E-state index contributed by atoms with van der Waals surface area (Å²) in [6, 6.07) is 13.3. The zero-order valence-electron chi connectivity index (χ0n) is 19.1. The summed E-state index contributed by atoms with van der Waals surface area (Å²) >= 11 is 0. The molecular weight excluding hydrogens is 436 g/mol. The van der Waals surface area contributed by atoms with Gasteiger partial charge in [-0.1, -0.05) is 6.07 Å².